The zero-order valence-electron chi connectivity index (χ0n) is 10.8. The third kappa shape index (κ3) is 1.92. The third-order valence-electron chi connectivity index (χ3n) is 3.25. The van der Waals surface area contributed by atoms with Crippen LogP contribution in [0, 0.1) is 5.41 Å². The summed E-state index contributed by atoms with van der Waals surface area (Å²) in [6.07, 6.45) is 0. The molecular formula is C13H14O5S. The second-order valence-electron chi connectivity index (χ2n) is 4.84. The molecule has 102 valence electrons. The lowest BCUT2D eigenvalue weighted by Gasteiger charge is -2.21. The average molecular weight is 282 g/mol. The maximum atomic E-state index is 12.2. The van der Waals surface area contributed by atoms with Gasteiger partial charge in [0, 0.05) is 11.0 Å². The van der Waals surface area contributed by atoms with E-state index in [2.05, 4.69) is 0 Å². The molecule has 1 aromatic rings. The normalized spacial score (nSPS) is 16.7. The number of hydrogen-bond donors (Lipinski definition) is 1. The zero-order valence-corrected chi connectivity index (χ0v) is 11.6. The lowest BCUT2D eigenvalue weighted by molar-refractivity contribution is -0.143. The summed E-state index contributed by atoms with van der Waals surface area (Å²) in [7, 11) is -2.28. The number of hydrogen-bond acceptors (Lipinski definition) is 4. The molecule has 0 amide bonds. The number of rotatable bonds is 3. The van der Waals surface area contributed by atoms with E-state index < -0.39 is 21.2 Å². The van der Waals surface area contributed by atoms with Crippen LogP contribution in [0.3, 0.4) is 0 Å². The van der Waals surface area contributed by atoms with Crippen LogP contribution >= 0.6 is 0 Å². The summed E-state index contributed by atoms with van der Waals surface area (Å²) in [6.45, 7) is 2.95. The fourth-order valence-corrected chi connectivity index (χ4v) is 3.82. The predicted molar refractivity (Wildman–Crippen MR) is 69.6 cm³/mol. The maximum Gasteiger partial charge on any atom is 0.313 e. The standard InChI is InChI=1S/C13H14O5S/c1-13(2,12(14)15)9-7-19(16,17)11-8(9)5-4-6-10(11)18-3/h4-7H,1-3H3,(H,14,15). The number of aliphatic carboxylic acids is 1. The second kappa shape index (κ2) is 4.09. The second-order valence-corrected chi connectivity index (χ2v) is 6.58. The van der Waals surface area contributed by atoms with Crippen LogP contribution in [0.5, 0.6) is 5.75 Å². The third-order valence-corrected chi connectivity index (χ3v) is 4.79. The van der Waals surface area contributed by atoms with E-state index in [1.807, 2.05) is 0 Å². The summed E-state index contributed by atoms with van der Waals surface area (Å²) in [5.41, 5.74) is -0.620. The molecule has 1 N–H and O–H groups in total. The molecule has 5 nitrogen and oxygen atoms in total. The Morgan fingerprint density at radius 2 is 1.95 bits per heavy atom. The number of carbonyl (C=O) groups is 1. The van der Waals surface area contributed by atoms with E-state index in [9.17, 15) is 18.3 Å². The highest BCUT2D eigenvalue weighted by Crippen LogP contribution is 2.46. The Kier molecular flexibility index (Phi) is 2.93. The van der Waals surface area contributed by atoms with Crippen molar-refractivity contribution in [1.29, 1.82) is 0 Å². The quantitative estimate of drug-likeness (QED) is 0.916. The van der Waals surface area contributed by atoms with E-state index in [1.165, 1.54) is 21.0 Å². The number of fused-ring (bicyclic) bond motifs is 1. The SMILES string of the molecule is COc1cccc2c1S(=O)(=O)C=C2C(C)(C)C(=O)O. The molecule has 1 aromatic carbocycles. The fourth-order valence-electron chi connectivity index (χ4n) is 2.06. The Morgan fingerprint density at radius 1 is 1.32 bits per heavy atom. The van der Waals surface area contributed by atoms with Crippen molar-refractivity contribution in [2.45, 2.75) is 18.7 Å². The van der Waals surface area contributed by atoms with Gasteiger partial charge in [-0.15, -0.1) is 0 Å². The van der Waals surface area contributed by atoms with Gasteiger partial charge in [0.1, 0.15) is 10.6 Å². The first-order valence-electron chi connectivity index (χ1n) is 5.60. The molecule has 0 spiro atoms. The van der Waals surface area contributed by atoms with Crippen molar-refractivity contribution in [2.75, 3.05) is 7.11 Å². The molecular weight excluding hydrogens is 268 g/mol. The Bertz CT molecular complexity index is 683. The van der Waals surface area contributed by atoms with Crippen molar-refractivity contribution in [3.8, 4) is 5.75 Å². The number of carboxylic acids is 1. The molecule has 2 rings (SSSR count). The van der Waals surface area contributed by atoms with Gasteiger partial charge >= 0.3 is 5.97 Å². The van der Waals surface area contributed by atoms with Gasteiger partial charge in [0.15, 0.2) is 0 Å². The predicted octanol–water partition coefficient (Wildman–Crippen LogP) is 1.93. The summed E-state index contributed by atoms with van der Waals surface area (Å²) in [5, 5.41) is 10.3. The van der Waals surface area contributed by atoms with Gasteiger partial charge in [-0.05, 0) is 25.5 Å². The molecule has 0 unspecified atom stereocenters. The van der Waals surface area contributed by atoms with Crippen LogP contribution in [-0.2, 0) is 14.6 Å². The van der Waals surface area contributed by atoms with Gasteiger partial charge in [-0.1, -0.05) is 12.1 Å². The first kappa shape index (κ1) is 13.6. The van der Waals surface area contributed by atoms with Gasteiger partial charge in [0.25, 0.3) is 0 Å². The Balaban J connectivity index is 2.77. The van der Waals surface area contributed by atoms with Gasteiger partial charge in [-0.25, -0.2) is 8.42 Å². The van der Waals surface area contributed by atoms with Crippen LogP contribution in [0.4, 0.5) is 0 Å². The summed E-state index contributed by atoms with van der Waals surface area (Å²) >= 11 is 0. The lowest BCUT2D eigenvalue weighted by atomic mass is 9.81. The van der Waals surface area contributed by atoms with Crippen LogP contribution in [0.2, 0.25) is 0 Å². The number of sulfone groups is 1. The van der Waals surface area contributed by atoms with Crippen molar-refractivity contribution in [3.63, 3.8) is 0 Å². The molecule has 1 aliphatic rings. The fraction of sp³-hybridized carbons (Fsp3) is 0.308. The van der Waals surface area contributed by atoms with E-state index >= 15 is 0 Å². The van der Waals surface area contributed by atoms with Crippen LogP contribution in [-0.4, -0.2) is 26.6 Å². The van der Waals surface area contributed by atoms with E-state index in [0.29, 0.717) is 5.56 Å². The number of carboxylic acid groups (broad SMARTS) is 1. The van der Waals surface area contributed by atoms with Crippen LogP contribution in [0.1, 0.15) is 19.4 Å². The Labute approximate surface area is 111 Å². The van der Waals surface area contributed by atoms with Gasteiger partial charge in [0.2, 0.25) is 9.84 Å². The molecule has 19 heavy (non-hydrogen) atoms. The molecule has 0 saturated carbocycles. The minimum absolute atomic E-state index is 0.0434. The van der Waals surface area contributed by atoms with E-state index in [0.717, 1.165) is 5.41 Å². The van der Waals surface area contributed by atoms with Gasteiger partial charge in [0.05, 0.1) is 12.5 Å². The molecule has 1 aliphatic heterocycles. The summed E-state index contributed by atoms with van der Waals surface area (Å²) in [5.74, 6) is -0.852. The van der Waals surface area contributed by atoms with E-state index in [-0.39, 0.29) is 16.2 Å². The molecule has 1 heterocycles. The first-order valence-corrected chi connectivity index (χ1v) is 7.14. The van der Waals surface area contributed by atoms with E-state index in [1.54, 1.807) is 18.2 Å². The maximum absolute atomic E-state index is 12.2. The molecule has 6 heteroatoms. The lowest BCUT2D eigenvalue weighted by Crippen LogP contribution is -2.24. The summed E-state index contributed by atoms with van der Waals surface area (Å²) in [4.78, 5) is 11.4. The average Bonchev–Trinajstić information content (AvgIpc) is 2.62. The number of methoxy groups -OCH3 is 1. The molecule has 0 aliphatic carbocycles. The Morgan fingerprint density at radius 3 is 2.47 bits per heavy atom. The van der Waals surface area contributed by atoms with Crippen molar-refractivity contribution in [3.05, 3.63) is 29.2 Å². The van der Waals surface area contributed by atoms with Crippen LogP contribution < -0.4 is 4.74 Å². The topological polar surface area (TPSA) is 80.7 Å². The monoisotopic (exact) mass is 282 g/mol. The molecule has 0 radical (unpaired) electrons. The largest absolute Gasteiger partial charge is 0.495 e. The van der Waals surface area contributed by atoms with Crippen LogP contribution in [0.15, 0.2) is 28.5 Å². The molecule has 0 bridgehead atoms. The molecule has 0 saturated heterocycles. The highest BCUT2D eigenvalue weighted by Gasteiger charge is 2.41. The minimum atomic E-state index is -3.66. The number of benzene rings is 1. The number of ether oxygens (including phenoxy) is 1. The highest BCUT2D eigenvalue weighted by atomic mass is 32.2. The molecule has 0 fully saturated rings. The summed E-state index contributed by atoms with van der Waals surface area (Å²) < 4.78 is 29.4. The first-order chi connectivity index (χ1) is 8.71. The van der Waals surface area contributed by atoms with Crippen molar-refractivity contribution in [1.82, 2.24) is 0 Å². The minimum Gasteiger partial charge on any atom is -0.495 e. The van der Waals surface area contributed by atoms with Crippen molar-refractivity contribution >= 4 is 21.4 Å². The van der Waals surface area contributed by atoms with Gasteiger partial charge < -0.3 is 9.84 Å². The van der Waals surface area contributed by atoms with E-state index in [4.69, 9.17) is 4.74 Å². The zero-order chi connectivity index (χ0) is 14.4. The van der Waals surface area contributed by atoms with Crippen molar-refractivity contribution in [2.24, 2.45) is 5.41 Å². The molecule has 0 aromatic heterocycles. The smallest absolute Gasteiger partial charge is 0.313 e. The highest BCUT2D eigenvalue weighted by molar-refractivity contribution is 7.95. The van der Waals surface area contributed by atoms with Crippen molar-refractivity contribution < 1.29 is 23.1 Å². The summed E-state index contributed by atoms with van der Waals surface area (Å²) in [6, 6.07) is 4.78. The van der Waals surface area contributed by atoms with Gasteiger partial charge in [-0.3, -0.25) is 4.79 Å². The Hall–Kier alpha value is -1.82. The van der Waals surface area contributed by atoms with Crippen LogP contribution in [0.25, 0.3) is 5.57 Å². The van der Waals surface area contributed by atoms with Gasteiger partial charge in [-0.2, -0.15) is 0 Å². The molecule has 0 atom stereocenters.